The summed E-state index contributed by atoms with van der Waals surface area (Å²) >= 11 is 0. The van der Waals surface area contributed by atoms with Gasteiger partial charge in [-0.15, -0.1) is 0 Å². The van der Waals surface area contributed by atoms with Crippen LogP contribution in [0.5, 0.6) is 23.0 Å². The maximum atomic E-state index is 13.2. The number of ketones is 1. The zero-order valence-corrected chi connectivity index (χ0v) is 18.8. The van der Waals surface area contributed by atoms with Gasteiger partial charge in [-0.25, -0.2) is 0 Å². The Kier molecular flexibility index (Phi) is 6.67. The van der Waals surface area contributed by atoms with E-state index < -0.39 is 11.9 Å². The van der Waals surface area contributed by atoms with Crippen LogP contribution < -0.4 is 18.9 Å². The first kappa shape index (κ1) is 23.1. The number of carbonyl (C=O) groups is 3. The first-order valence-electron chi connectivity index (χ1n) is 10.2. The van der Waals surface area contributed by atoms with Crippen LogP contribution in [0.3, 0.4) is 0 Å². The minimum Gasteiger partial charge on any atom is -0.496 e. The second-order valence-electron chi connectivity index (χ2n) is 8.08. The molecule has 2 aromatic rings. The Balaban J connectivity index is 1.98. The highest BCUT2D eigenvalue weighted by Gasteiger charge is 2.33. The largest absolute Gasteiger partial charge is 0.496 e. The number of rotatable bonds is 6. The van der Waals surface area contributed by atoms with Gasteiger partial charge in [-0.3, -0.25) is 14.4 Å². The van der Waals surface area contributed by atoms with E-state index in [0.29, 0.717) is 29.9 Å². The number of benzene rings is 2. The van der Waals surface area contributed by atoms with Crippen LogP contribution in [-0.2, 0) is 16.0 Å². The molecule has 1 heterocycles. The summed E-state index contributed by atoms with van der Waals surface area (Å²) in [4.78, 5) is 36.0. The smallest absolute Gasteiger partial charge is 0.308 e. The Labute approximate surface area is 186 Å². The van der Waals surface area contributed by atoms with Crippen LogP contribution in [0.25, 0.3) is 6.08 Å². The first-order chi connectivity index (χ1) is 15.1. The molecule has 2 aromatic carbocycles. The highest BCUT2D eigenvalue weighted by molar-refractivity contribution is 6.11. The van der Waals surface area contributed by atoms with Crippen LogP contribution in [0.2, 0.25) is 0 Å². The lowest BCUT2D eigenvalue weighted by atomic mass is 9.91. The third kappa shape index (κ3) is 5.35. The topological polar surface area (TPSA) is 88.1 Å². The van der Waals surface area contributed by atoms with Crippen LogP contribution in [0.4, 0.5) is 0 Å². The van der Waals surface area contributed by atoms with E-state index in [4.69, 9.17) is 18.9 Å². The van der Waals surface area contributed by atoms with Gasteiger partial charge in [0.15, 0.2) is 11.5 Å². The Morgan fingerprint density at radius 3 is 2.28 bits per heavy atom. The molecular formula is C25H26O7. The van der Waals surface area contributed by atoms with Crippen LogP contribution in [0.1, 0.15) is 55.6 Å². The van der Waals surface area contributed by atoms with Crippen molar-refractivity contribution >= 4 is 23.8 Å². The predicted molar refractivity (Wildman–Crippen MR) is 118 cm³/mol. The normalized spacial score (nSPS) is 14.3. The van der Waals surface area contributed by atoms with E-state index in [-0.39, 0.29) is 28.4 Å². The average molecular weight is 438 g/mol. The molecular weight excluding hydrogens is 412 g/mol. The molecule has 3 rings (SSSR count). The van der Waals surface area contributed by atoms with Crippen molar-refractivity contribution in [3.8, 4) is 23.0 Å². The van der Waals surface area contributed by atoms with E-state index in [0.717, 1.165) is 5.56 Å². The summed E-state index contributed by atoms with van der Waals surface area (Å²) in [5, 5.41) is 0. The Morgan fingerprint density at radius 2 is 1.69 bits per heavy atom. The van der Waals surface area contributed by atoms with E-state index in [1.807, 2.05) is 13.8 Å². The van der Waals surface area contributed by atoms with Crippen molar-refractivity contribution in [2.75, 3.05) is 7.11 Å². The summed E-state index contributed by atoms with van der Waals surface area (Å²) in [7, 11) is 1.45. The minimum atomic E-state index is -0.538. The van der Waals surface area contributed by atoms with Gasteiger partial charge in [0.25, 0.3) is 0 Å². The predicted octanol–water partition coefficient (Wildman–Crippen LogP) is 4.55. The summed E-state index contributed by atoms with van der Waals surface area (Å²) < 4.78 is 22.0. The van der Waals surface area contributed by atoms with Crippen LogP contribution in [0.15, 0.2) is 36.4 Å². The Morgan fingerprint density at radius 1 is 1.03 bits per heavy atom. The van der Waals surface area contributed by atoms with Gasteiger partial charge in [0.2, 0.25) is 0 Å². The molecule has 1 aliphatic rings. The number of ether oxygens (including phenoxy) is 4. The highest BCUT2D eigenvalue weighted by atomic mass is 16.5. The summed E-state index contributed by atoms with van der Waals surface area (Å²) in [6.45, 7) is 6.56. The molecule has 0 saturated carbocycles. The number of esters is 2. The molecule has 0 atom stereocenters. The van der Waals surface area contributed by atoms with Crippen molar-refractivity contribution < 1.29 is 33.3 Å². The summed E-state index contributed by atoms with van der Waals surface area (Å²) in [6.07, 6.45) is 4.30. The molecule has 1 aliphatic heterocycles. The van der Waals surface area contributed by atoms with Crippen molar-refractivity contribution in [2.24, 2.45) is 0 Å². The minimum absolute atomic E-state index is 0.164. The third-order valence-electron chi connectivity index (χ3n) is 4.95. The molecule has 0 fully saturated rings. The molecule has 0 spiro atoms. The molecule has 0 saturated heterocycles. The second kappa shape index (κ2) is 9.26. The van der Waals surface area contributed by atoms with Crippen LogP contribution >= 0.6 is 0 Å². The molecule has 0 unspecified atom stereocenters. The zero-order valence-electron chi connectivity index (χ0n) is 18.8. The van der Waals surface area contributed by atoms with Gasteiger partial charge >= 0.3 is 11.9 Å². The maximum Gasteiger partial charge on any atom is 0.308 e. The van der Waals surface area contributed by atoms with Gasteiger partial charge in [-0.2, -0.15) is 0 Å². The quantitative estimate of drug-likeness (QED) is 0.283. The van der Waals surface area contributed by atoms with E-state index in [2.05, 4.69) is 0 Å². The summed E-state index contributed by atoms with van der Waals surface area (Å²) in [5.74, 6) is 0.0561. The van der Waals surface area contributed by atoms with Gasteiger partial charge < -0.3 is 18.9 Å². The zero-order chi connectivity index (χ0) is 23.5. The Hall–Kier alpha value is -3.61. The van der Waals surface area contributed by atoms with Gasteiger partial charge in [-0.05, 0) is 50.5 Å². The van der Waals surface area contributed by atoms with E-state index >= 15 is 0 Å². The van der Waals surface area contributed by atoms with Gasteiger partial charge in [0.1, 0.15) is 28.4 Å². The molecule has 0 bridgehead atoms. The number of allylic oxidation sites excluding steroid dienone is 1. The van der Waals surface area contributed by atoms with Gasteiger partial charge in [-0.1, -0.05) is 18.2 Å². The monoisotopic (exact) mass is 438 g/mol. The van der Waals surface area contributed by atoms with E-state index in [9.17, 15) is 14.4 Å². The molecule has 0 radical (unpaired) electrons. The number of hydrogen-bond donors (Lipinski definition) is 0. The Bertz CT molecular complexity index is 1080. The lowest BCUT2D eigenvalue weighted by molar-refractivity contribution is -0.132. The van der Waals surface area contributed by atoms with Crippen LogP contribution in [0, 0.1) is 0 Å². The van der Waals surface area contributed by atoms with Gasteiger partial charge in [0, 0.05) is 25.5 Å². The first-order valence-corrected chi connectivity index (χ1v) is 10.2. The fourth-order valence-corrected chi connectivity index (χ4v) is 3.47. The van der Waals surface area contributed by atoms with Crippen LogP contribution in [-0.4, -0.2) is 30.4 Å². The fraction of sp³-hybridized carbons (Fsp3) is 0.320. The van der Waals surface area contributed by atoms with Crippen molar-refractivity contribution in [3.05, 3.63) is 53.1 Å². The lowest BCUT2D eigenvalue weighted by Gasteiger charge is -2.34. The summed E-state index contributed by atoms with van der Waals surface area (Å²) in [6, 6.07) is 8.37. The van der Waals surface area contributed by atoms with Gasteiger partial charge in [0.05, 0.1) is 7.11 Å². The molecule has 0 aliphatic carbocycles. The number of methoxy groups -OCH3 is 1. The maximum absolute atomic E-state index is 13.2. The molecule has 0 aromatic heterocycles. The third-order valence-corrected chi connectivity index (χ3v) is 4.95. The van der Waals surface area contributed by atoms with Crippen molar-refractivity contribution in [3.63, 3.8) is 0 Å². The molecule has 7 nitrogen and oxygen atoms in total. The number of hydrogen-bond acceptors (Lipinski definition) is 7. The number of carbonyl (C=O) groups excluding carboxylic acids is 3. The average Bonchev–Trinajstić information content (AvgIpc) is 2.71. The summed E-state index contributed by atoms with van der Waals surface area (Å²) in [5.41, 5.74) is 1.18. The second-order valence-corrected chi connectivity index (χ2v) is 8.08. The highest BCUT2D eigenvalue weighted by Crippen LogP contribution is 2.45. The van der Waals surface area contributed by atoms with Crippen molar-refractivity contribution in [1.82, 2.24) is 0 Å². The van der Waals surface area contributed by atoms with Crippen molar-refractivity contribution in [2.45, 2.75) is 46.1 Å². The molecule has 7 heteroatoms. The van der Waals surface area contributed by atoms with E-state index in [1.165, 1.54) is 27.0 Å². The molecule has 0 amide bonds. The molecule has 0 N–H and O–H groups in total. The van der Waals surface area contributed by atoms with Crippen molar-refractivity contribution in [1.29, 1.82) is 0 Å². The molecule has 32 heavy (non-hydrogen) atoms. The standard InChI is InChI=1S/C25H26O7/c1-15(26)30-18-9-6-17(7-10-18)8-11-20(28)23-22(29-5)14-21-19(24(23)31-16(2)27)12-13-25(3,4)32-21/h6-11,14H,12-13H2,1-5H3/b11-8+. The SMILES string of the molecule is COc1cc2c(c(OC(C)=O)c1C(=O)/C=C/c1ccc(OC(C)=O)cc1)CCC(C)(C)O2. The number of fused-ring (bicyclic) bond motifs is 1. The molecule has 168 valence electrons. The fourth-order valence-electron chi connectivity index (χ4n) is 3.47. The van der Waals surface area contributed by atoms with E-state index in [1.54, 1.807) is 36.4 Å². The lowest BCUT2D eigenvalue weighted by Crippen LogP contribution is -2.33.